The van der Waals surface area contributed by atoms with Gasteiger partial charge in [-0.05, 0) is 46.2 Å². The van der Waals surface area contributed by atoms with Crippen molar-refractivity contribution in [3.63, 3.8) is 0 Å². The van der Waals surface area contributed by atoms with E-state index in [9.17, 15) is 13.2 Å². The van der Waals surface area contributed by atoms with E-state index in [0.29, 0.717) is 12.3 Å². The Morgan fingerprint density at radius 1 is 0.905 bits per heavy atom. The van der Waals surface area contributed by atoms with Gasteiger partial charge in [-0.2, -0.15) is 17.9 Å². The second kappa shape index (κ2) is 11.8. The Kier molecular flexibility index (Phi) is 7.98. The van der Waals surface area contributed by atoms with Gasteiger partial charge in [0, 0.05) is 56.9 Å². The van der Waals surface area contributed by atoms with Crippen LogP contribution in [-0.4, -0.2) is 82.0 Å². The van der Waals surface area contributed by atoms with Gasteiger partial charge in [-0.1, -0.05) is 60.7 Å². The molecule has 3 heterocycles. The van der Waals surface area contributed by atoms with Crippen LogP contribution in [0.3, 0.4) is 0 Å². The molecular formula is C31H33F3N6O2. The molecule has 2 saturated heterocycles. The highest BCUT2D eigenvalue weighted by Gasteiger charge is 2.45. The van der Waals surface area contributed by atoms with Crippen molar-refractivity contribution in [3.8, 4) is 11.4 Å². The number of fused-ring (bicyclic) bond motifs is 1. The summed E-state index contributed by atoms with van der Waals surface area (Å²) in [5, 5.41) is 10.1. The van der Waals surface area contributed by atoms with Gasteiger partial charge in [0.1, 0.15) is 5.75 Å². The molecule has 8 nitrogen and oxygen atoms in total. The van der Waals surface area contributed by atoms with Gasteiger partial charge in [0.2, 0.25) is 0 Å². The summed E-state index contributed by atoms with van der Waals surface area (Å²) in [4.78, 5) is 4.98. The zero-order chi connectivity index (χ0) is 29.3. The number of halogens is 3. The molecule has 3 aromatic carbocycles. The second-order valence-electron chi connectivity index (χ2n) is 10.9. The minimum absolute atomic E-state index is 0.122. The van der Waals surface area contributed by atoms with Crippen molar-refractivity contribution in [1.29, 1.82) is 0 Å². The average molecular weight is 579 g/mol. The lowest BCUT2D eigenvalue weighted by Crippen LogP contribution is -2.58. The summed E-state index contributed by atoms with van der Waals surface area (Å²) in [6.45, 7) is 2.91. The number of piperazine rings is 1. The molecule has 0 spiro atoms. The van der Waals surface area contributed by atoms with Crippen molar-refractivity contribution in [1.82, 2.24) is 30.0 Å². The molecule has 42 heavy (non-hydrogen) atoms. The minimum atomic E-state index is -4.68. The molecule has 0 aliphatic carbocycles. The van der Waals surface area contributed by atoms with Crippen LogP contribution in [0.2, 0.25) is 0 Å². The van der Waals surface area contributed by atoms with Crippen molar-refractivity contribution in [3.05, 3.63) is 101 Å². The van der Waals surface area contributed by atoms with Crippen LogP contribution in [0.25, 0.3) is 5.69 Å². The van der Waals surface area contributed by atoms with Crippen LogP contribution in [0.4, 0.5) is 13.2 Å². The fourth-order valence-corrected chi connectivity index (χ4v) is 6.58. The van der Waals surface area contributed by atoms with Gasteiger partial charge < -0.3 is 9.47 Å². The molecule has 4 aromatic rings. The van der Waals surface area contributed by atoms with Crippen LogP contribution in [0.15, 0.2) is 78.9 Å². The Balaban J connectivity index is 1.36. The van der Waals surface area contributed by atoms with Gasteiger partial charge in [0.15, 0.2) is 0 Å². The first-order chi connectivity index (χ1) is 20.4. The SMILES string of the molecule is COc1ccc(-n2nnnc2C(F)(F)F)cc1CN1C[C@@H]2C[C@@H](OC)CN2[C@@H](C(c2ccccc2)c2ccccc2)C1. The summed E-state index contributed by atoms with van der Waals surface area (Å²) in [7, 11) is 3.34. The highest BCUT2D eigenvalue weighted by molar-refractivity contribution is 5.44. The Bertz CT molecular complexity index is 1440. The number of hydrogen-bond acceptors (Lipinski definition) is 7. The molecule has 0 N–H and O–H groups in total. The topological polar surface area (TPSA) is 68.5 Å². The van der Waals surface area contributed by atoms with Crippen molar-refractivity contribution in [2.24, 2.45) is 0 Å². The first-order valence-corrected chi connectivity index (χ1v) is 14.0. The number of aromatic nitrogens is 4. The molecule has 220 valence electrons. The summed E-state index contributed by atoms with van der Waals surface area (Å²) in [5.41, 5.74) is 3.48. The lowest BCUT2D eigenvalue weighted by molar-refractivity contribution is -0.146. The Labute approximate surface area is 242 Å². The predicted octanol–water partition coefficient (Wildman–Crippen LogP) is 4.80. The van der Waals surface area contributed by atoms with E-state index in [1.54, 1.807) is 26.4 Å². The molecule has 0 unspecified atom stereocenters. The quantitative estimate of drug-likeness (QED) is 0.298. The minimum Gasteiger partial charge on any atom is -0.496 e. The van der Waals surface area contributed by atoms with E-state index in [1.165, 1.54) is 17.2 Å². The highest BCUT2D eigenvalue weighted by Crippen LogP contribution is 2.39. The third-order valence-electron chi connectivity index (χ3n) is 8.42. The standard InChI is InChI=1S/C31H33F3N6O2/c1-41-26-16-25-18-38(17-23-15-24(13-14-28(23)42-2)40-30(31(32,33)34)35-36-37-40)20-27(39(25)19-26)29(21-9-5-3-6-10-21)22-11-7-4-8-12-22/h3-15,25-27,29H,16-20H2,1-2H3/t25-,26+,27+/m0/s1. The lowest BCUT2D eigenvalue weighted by Gasteiger charge is -2.47. The van der Waals surface area contributed by atoms with Gasteiger partial charge in [-0.25, -0.2) is 0 Å². The third-order valence-corrected chi connectivity index (χ3v) is 8.42. The molecule has 3 atom stereocenters. The van der Waals surface area contributed by atoms with E-state index in [1.807, 2.05) is 12.1 Å². The van der Waals surface area contributed by atoms with Crippen LogP contribution in [0.1, 0.15) is 34.9 Å². The first-order valence-electron chi connectivity index (χ1n) is 14.0. The van der Waals surface area contributed by atoms with Crippen molar-refractivity contribution >= 4 is 0 Å². The summed E-state index contributed by atoms with van der Waals surface area (Å²) in [5.74, 6) is -0.447. The van der Waals surface area contributed by atoms with Gasteiger partial charge in [0.25, 0.3) is 5.82 Å². The molecule has 6 rings (SSSR count). The Morgan fingerprint density at radius 2 is 1.60 bits per heavy atom. The number of benzene rings is 3. The van der Waals surface area contributed by atoms with Gasteiger partial charge in [0.05, 0.1) is 18.9 Å². The number of ether oxygens (including phenoxy) is 2. The monoisotopic (exact) mass is 578 g/mol. The fourth-order valence-electron chi connectivity index (χ4n) is 6.58. The van der Waals surface area contributed by atoms with Crippen molar-refractivity contribution < 1.29 is 22.6 Å². The van der Waals surface area contributed by atoms with E-state index in [2.05, 4.69) is 73.9 Å². The number of nitrogens with zero attached hydrogens (tertiary/aromatic N) is 6. The molecular weight excluding hydrogens is 545 g/mol. The summed E-state index contributed by atoms with van der Waals surface area (Å²) in [6, 6.07) is 26.5. The number of alkyl halides is 3. The van der Waals surface area contributed by atoms with Crippen molar-refractivity contribution in [2.75, 3.05) is 33.9 Å². The van der Waals surface area contributed by atoms with E-state index in [0.717, 1.165) is 36.3 Å². The maximum absolute atomic E-state index is 13.6. The maximum Gasteiger partial charge on any atom is 0.453 e. The molecule has 0 bridgehead atoms. The Morgan fingerprint density at radius 3 is 2.21 bits per heavy atom. The maximum atomic E-state index is 13.6. The highest BCUT2D eigenvalue weighted by atomic mass is 19.4. The van der Waals surface area contributed by atoms with Gasteiger partial charge in [-0.3, -0.25) is 9.80 Å². The molecule has 2 aliphatic rings. The first kappa shape index (κ1) is 28.3. The van der Waals surface area contributed by atoms with Gasteiger partial charge >= 0.3 is 6.18 Å². The van der Waals surface area contributed by atoms with Crippen LogP contribution in [0.5, 0.6) is 5.75 Å². The molecule has 0 radical (unpaired) electrons. The number of hydrogen-bond donors (Lipinski definition) is 0. The Hall–Kier alpha value is -3.80. The number of methoxy groups -OCH3 is 2. The van der Waals surface area contributed by atoms with E-state index in [4.69, 9.17) is 9.47 Å². The summed E-state index contributed by atoms with van der Waals surface area (Å²) >= 11 is 0. The zero-order valence-corrected chi connectivity index (χ0v) is 23.5. The largest absolute Gasteiger partial charge is 0.496 e. The second-order valence-corrected chi connectivity index (χ2v) is 10.9. The van der Waals surface area contributed by atoms with E-state index in [-0.39, 0.29) is 29.8 Å². The average Bonchev–Trinajstić information content (AvgIpc) is 3.66. The smallest absolute Gasteiger partial charge is 0.453 e. The third kappa shape index (κ3) is 5.64. The van der Waals surface area contributed by atoms with E-state index < -0.39 is 12.0 Å². The van der Waals surface area contributed by atoms with Crippen molar-refractivity contribution in [2.45, 2.75) is 43.2 Å². The number of rotatable bonds is 8. The molecule has 11 heteroatoms. The summed E-state index contributed by atoms with van der Waals surface area (Å²) < 4.78 is 52.9. The van der Waals surface area contributed by atoms with Crippen LogP contribution >= 0.6 is 0 Å². The molecule has 0 saturated carbocycles. The van der Waals surface area contributed by atoms with Crippen LogP contribution in [-0.2, 0) is 17.5 Å². The predicted molar refractivity (Wildman–Crippen MR) is 150 cm³/mol. The molecule has 0 amide bonds. The van der Waals surface area contributed by atoms with Gasteiger partial charge in [-0.15, -0.1) is 5.10 Å². The molecule has 2 aliphatic heterocycles. The normalized spacial score (nSPS) is 21.5. The zero-order valence-electron chi connectivity index (χ0n) is 23.5. The van der Waals surface area contributed by atoms with Crippen LogP contribution < -0.4 is 4.74 Å². The molecule has 1 aromatic heterocycles. The number of tetrazole rings is 1. The van der Waals surface area contributed by atoms with Crippen LogP contribution in [0, 0.1) is 0 Å². The lowest BCUT2D eigenvalue weighted by atomic mass is 9.82. The summed E-state index contributed by atoms with van der Waals surface area (Å²) in [6.07, 6.45) is -3.63. The fraction of sp³-hybridized carbons (Fsp3) is 0.387. The van der Waals surface area contributed by atoms with E-state index >= 15 is 0 Å². The molecule has 2 fully saturated rings.